The highest BCUT2D eigenvalue weighted by atomic mass is 15.0. The SMILES string of the molecule is c1ccc(-c2cccc(-c3ccccc3-n3c4ccccc4c4cc(-c5ccc6c(c5)c5ccccc5n6-c5ccccc5)ccc43)c2)cc1. The third kappa shape index (κ3) is 4.50. The van der Waals surface area contributed by atoms with Crippen molar-refractivity contribution in [2.24, 2.45) is 0 Å². The van der Waals surface area contributed by atoms with Crippen molar-refractivity contribution in [1.82, 2.24) is 9.13 Å². The van der Waals surface area contributed by atoms with Crippen LogP contribution in [0.5, 0.6) is 0 Å². The molecule has 0 aliphatic rings. The molecule has 0 aliphatic carbocycles. The number of fused-ring (bicyclic) bond motifs is 6. The number of nitrogens with zero attached hydrogens (tertiary/aromatic N) is 2. The summed E-state index contributed by atoms with van der Waals surface area (Å²) >= 11 is 0. The van der Waals surface area contributed by atoms with E-state index in [-0.39, 0.29) is 0 Å². The summed E-state index contributed by atoms with van der Waals surface area (Å²) in [5.41, 5.74) is 14.4. The van der Waals surface area contributed by atoms with E-state index in [4.69, 9.17) is 0 Å². The Labute approximate surface area is 290 Å². The minimum absolute atomic E-state index is 1.17. The quantitative estimate of drug-likeness (QED) is 0.178. The summed E-state index contributed by atoms with van der Waals surface area (Å²) in [6.07, 6.45) is 0. The number of para-hydroxylation sites is 4. The minimum atomic E-state index is 1.17. The zero-order chi connectivity index (χ0) is 33.0. The van der Waals surface area contributed by atoms with Crippen LogP contribution in [0.25, 0.3) is 88.4 Å². The maximum absolute atomic E-state index is 2.44. The minimum Gasteiger partial charge on any atom is -0.309 e. The van der Waals surface area contributed by atoms with Crippen LogP contribution in [0.3, 0.4) is 0 Å². The number of rotatable bonds is 5. The average molecular weight is 637 g/mol. The molecule has 10 rings (SSSR count). The summed E-state index contributed by atoms with van der Waals surface area (Å²) in [4.78, 5) is 0. The number of hydrogen-bond donors (Lipinski definition) is 0. The lowest BCUT2D eigenvalue weighted by atomic mass is 9.98. The molecule has 10 aromatic rings. The van der Waals surface area contributed by atoms with Gasteiger partial charge in [-0.1, -0.05) is 133 Å². The Kier molecular flexibility index (Phi) is 6.53. The molecule has 0 N–H and O–H groups in total. The van der Waals surface area contributed by atoms with Crippen LogP contribution in [0.2, 0.25) is 0 Å². The van der Waals surface area contributed by atoms with Crippen LogP contribution in [0.15, 0.2) is 194 Å². The zero-order valence-corrected chi connectivity index (χ0v) is 27.4. The fourth-order valence-corrected chi connectivity index (χ4v) is 7.83. The molecule has 0 bridgehead atoms. The van der Waals surface area contributed by atoms with Crippen molar-refractivity contribution in [2.75, 3.05) is 0 Å². The van der Waals surface area contributed by atoms with Crippen LogP contribution in [-0.2, 0) is 0 Å². The summed E-state index contributed by atoms with van der Waals surface area (Å²) < 4.78 is 4.81. The molecule has 0 saturated heterocycles. The van der Waals surface area contributed by atoms with Gasteiger partial charge in [0.15, 0.2) is 0 Å². The zero-order valence-electron chi connectivity index (χ0n) is 27.4. The molecule has 0 unspecified atom stereocenters. The molecule has 2 heterocycles. The van der Waals surface area contributed by atoms with Gasteiger partial charge in [0.1, 0.15) is 0 Å². The second kappa shape index (κ2) is 11.5. The second-order valence-corrected chi connectivity index (χ2v) is 13.0. The lowest BCUT2D eigenvalue weighted by molar-refractivity contribution is 1.18. The number of aromatic nitrogens is 2. The molecule has 2 heteroatoms. The molecule has 2 nitrogen and oxygen atoms in total. The molecule has 0 aliphatic heterocycles. The van der Waals surface area contributed by atoms with Crippen molar-refractivity contribution in [2.45, 2.75) is 0 Å². The fraction of sp³-hybridized carbons (Fsp3) is 0. The van der Waals surface area contributed by atoms with E-state index in [1.807, 2.05) is 0 Å². The summed E-state index contributed by atoms with van der Waals surface area (Å²) in [5.74, 6) is 0. The molecule has 234 valence electrons. The lowest BCUT2D eigenvalue weighted by Gasteiger charge is -2.15. The standard InChI is InChI=1S/C48H32N2/c1-3-14-33(15-4-1)34-16-13-17-37(30-34)39-20-7-10-23-44(39)50-46-25-12-9-22-41(46)43-32-36(27-29-48(43)50)35-26-28-47-42(31-35)40-21-8-11-24-45(40)49(47)38-18-5-2-6-19-38/h1-32H. The Hall–Kier alpha value is -6.64. The first-order valence-corrected chi connectivity index (χ1v) is 17.2. The average Bonchev–Trinajstić information content (AvgIpc) is 3.71. The number of benzene rings is 8. The molecule has 0 atom stereocenters. The first-order chi connectivity index (χ1) is 24.8. The molecule has 0 spiro atoms. The van der Waals surface area contributed by atoms with E-state index in [2.05, 4.69) is 203 Å². The topological polar surface area (TPSA) is 9.86 Å². The smallest absolute Gasteiger partial charge is 0.0541 e. The Morgan fingerprint density at radius 2 is 0.740 bits per heavy atom. The van der Waals surface area contributed by atoms with E-state index in [1.165, 1.54) is 88.4 Å². The first-order valence-electron chi connectivity index (χ1n) is 17.2. The van der Waals surface area contributed by atoms with Gasteiger partial charge in [0.2, 0.25) is 0 Å². The van der Waals surface area contributed by atoms with E-state index >= 15 is 0 Å². The second-order valence-electron chi connectivity index (χ2n) is 13.0. The van der Waals surface area contributed by atoms with Gasteiger partial charge in [0.05, 0.1) is 27.8 Å². The third-order valence-corrected chi connectivity index (χ3v) is 10.1. The van der Waals surface area contributed by atoms with E-state index < -0.39 is 0 Å². The van der Waals surface area contributed by atoms with Crippen molar-refractivity contribution < 1.29 is 0 Å². The predicted octanol–water partition coefficient (Wildman–Crippen LogP) is 12.9. The van der Waals surface area contributed by atoms with Gasteiger partial charge in [-0.3, -0.25) is 0 Å². The molecule has 0 amide bonds. The van der Waals surface area contributed by atoms with Crippen molar-refractivity contribution in [3.63, 3.8) is 0 Å². The summed E-state index contributed by atoms with van der Waals surface area (Å²) in [6.45, 7) is 0. The van der Waals surface area contributed by atoms with Gasteiger partial charge in [-0.05, 0) is 88.5 Å². The van der Waals surface area contributed by atoms with Gasteiger partial charge in [0, 0.05) is 32.8 Å². The van der Waals surface area contributed by atoms with Crippen LogP contribution in [-0.4, -0.2) is 9.13 Å². The van der Waals surface area contributed by atoms with Crippen LogP contribution in [0.4, 0.5) is 0 Å². The van der Waals surface area contributed by atoms with E-state index in [9.17, 15) is 0 Å². The van der Waals surface area contributed by atoms with E-state index in [0.717, 1.165) is 0 Å². The summed E-state index contributed by atoms with van der Waals surface area (Å²) in [6, 6.07) is 70.4. The highest BCUT2D eigenvalue weighted by Crippen LogP contribution is 2.40. The molecule has 50 heavy (non-hydrogen) atoms. The van der Waals surface area contributed by atoms with E-state index in [0.29, 0.717) is 0 Å². The van der Waals surface area contributed by atoms with Crippen molar-refractivity contribution >= 4 is 43.6 Å². The molecule has 8 aromatic carbocycles. The van der Waals surface area contributed by atoms with Gasteiger partial charge >= 0.3 is 0 Å². The van der Waals surface area contributed by atoms with Gasteiger partial charge in [-0.2, -0.15) is 0 Å². The lowest BCUT2D eigenvalue weighted by Crippen LogP contribution is -1.97. The highest BCUT2D eigenvalue weighted by Gasteiger charge is 2.18. The summed E-state index contributed by atoms with van der Waals surface area (Å²) in [5, 5.41) is 5.02. The predicted molar refractivity (Wildman–Crippen MR) is 211 cm³/mol. The van der Waals surface area contributed by atoms with Crippen molar-refractivity contribution in [1.29, 1.82) is 0 Å². The van der Waals surface area contributed by atoms with Crippen LogP contribution >= 0.6 is 0 Å². The molecular weight excluding hydrogens is 605 g/mol. The largest absolute Gasteiger partial charge is 0.309 e. The van der Waals surface area contributed by atoms with Gasteiger partial charge in [0.25, 0.3) is 0 Å². The maximum Gasteiger partial charge on any atom is 0.0541 e. The maximum atomic E-state index is 2.44. The molecule has 0 radical (unpaired) electrons. The fourth-order valence-electron chi connectivity index (χ4n) is 7.83. The molecule has 0 fully saturated rings. The Balaban J connectivity index is 1.14. The monoisotopic (exact) mass is 636 g/mol. The summed E-state index contributed by atoms with van der Waals surface area (Å²) in [7, 11) is 0. The Morgan fingerprint density at radius 3 is 1.44 bits per heavy atom. The van der Waals surface area contributed by atoms with Crippen molar-refractivity contribution in [3.05, 3.63) is 194 Å². The first kappa shape index (κ1) is 28.4. The van der Waals surface area contributed by atoms with Gasteiger partial charge in [-0.25, -0.2) is 0 Å². The Morgan fingerprint density at radius 1 is 0.260 bits per heavy atom. The van der Waals surface area contributed by atoms with Gasteiger partial charge in [-0.15, -0.1) is 0 Å². The van der Waals surface area contributed by atoms with Crippen molar-refractivity contribution in [3.8, 4) is 44.8 Å². The Bertz CT molecular complexity index is 2860. The normalized spacial score (nSPS) is 11.6. The van der Waals surface area contributed by atoms with Crippen LogP contribution in [0, 0.1) is 0 Å². The van der Waals surface area contributed by atoms with E-state index in [1.54, 1.807) is 0 Å². The molecule has 2 aromatic heterocycles. The third-order valence-electron chi connectivity index (χ3n) is 10.1. The number of hydrogen-bond acceptors (Lipinski definition) is 0. The van der Waals surface area contributed by atoms with Crippen LogP contribution < -0.4 is 0 Å². The molecular formula is C48H32N2. The van der Waals surface area contributed by atoms with Gasteiger partial charge < -0.3 is 9.13 Å². The van der Waals surface area contributed by atoms with Crippen LogP contribution in [0.1, 0.15) is 0 Å². The molecule has 0 saturated carbocycles. The highest BCUT2D eigenvalue weighted by molar-refractivity contribution is 6.13.